The van der Waals surface area contributed by atoms with Crippen molar-refractivity contribution in [3.8, 4) is 11.1 Å². The fraction of sp³-hybridized carbons (Fsp3) is 0.231. The monoisotopic (exact) mass is 432 g/mol. The smallest absolute Gasteiger partial charge is 0.251 e. The van der Waals surface area contributed by atoms with Crippen molar-refractivity contribution in [3.63, 3.8) is 0 Å². The van der Waals surface area contributed by atoms with Gasteiger partial charge in [-0.05, 0) is 28.3 Å². The number of hydrogen-bond donors (Lipinski definition) is 1. The van der Waals surface area contributed by atoms with Gasteiger partial charge >= 0.3 is 0 Å². The minimum absolute atomic E-state index is 0.0329. The predicted molar refractivity (Wildman–Crippen MR) is 120 cm³/mol. The quantitative estimate of drug-likeness (QED) is 0.649. The Morgan fingerprint density at radius 3 is 2.44 bits per heavy atom. The highest BCUT2D eigenvalue weighted by Gasteiger charge is 2.43. The normalized spacial score (nSPS) is 18.3. The lowest BCUT2D eigenvalue weighted by Gasteiger charge is -2.41. The van der Waals surface area contributed by atoms with E-state index in [1.54, 1.807) is 23.1 Å². The molecule has 0 unspecified atom stereocenters. The van der Waals surface area contributed by atoms with Crippen molar-refractivity contribution in [3.05, 3.63) is 95.8 Å². The summed E-state index contributed by atoms with van der Waals surface area (Å²) in [5.41, 5.74) is 7.73. The molecule has 1 aliphatic rings. The fourth-order valence-electron chi connectivity index (χ4n) is 4.08. The highest BCUT2D eigenvalue weighted by molar-refractivity contribution is 5.86. The van der Waals surface area contributed by atoms with E-state index in [2.05, 4.69) is 0 Å². The maximum Gasteiger partial charge on any atom is 0.251 e. The lowest BCUT2D eigenvalue weighted by atomic mass is 9.90. The molecule has 6 heteroatoms. The molecule has 1 aliphatic heterocycles. The third-order valence-corrected chi connectivity index (χ3v) is 5.81. The third kappa shape index (κ3) is 4.70. The van der Waals surface area contributed by atoms with E-state index < -0.39 is 17.3 Å². The minimum atomic E-state index is -1.33. The Kier molecular flexibility index (Phi) is 6.32. The first kappa shape index (κ1) is 21.7. The Morgan fingerprint density at radius 1 is 0.969 bits per heavy atom. The van der Waals surface area contributed by atoms with Crippen molar-refractivity contribution >= 4 is 11.8 Å². The lowest BCUT2D eigenvalue weighted by molar-refractivity contribution is -0.163. The maximum absolute atomic E-state index is 14.0. The number of hydrogen-bond acceptors (Lipinski definition) is 3. The van der Waals surface area contributed by atoms with Crippen LogP contribution >= 0.6 is 0 Å². The van der Waals surface area contributed by atoms with E-state index in [1.807, 2.05) is 54.6 Å². The molecule has 1 heterocycles. The number of halogens is 1. The van der Waals surface area contributed by atoms with Gasteiger partial charge in [0.15, 0.2) is 5.60 Å². The third-order valence-electron chi connectivity index (χ3n) is 5.81. The first-order chi connectivity index (χ1) is 15.5. The van der Waals surface area contributed by atoms with Crippen LogP contribution in [0, 0.1) is 5.82 Å². The molecule has 0 spiro atoms. The second kappa shape index (κ2) is 9.32. The molecule has 0 aliphatic carbocycles. The number of rotatable bonds is 6. The van der Waals surface area contributed by atoms with Crippen LogP contribution in [0.1, 0.15) is 11.1 Å². The summed E-state index contributed by atoms with van der Waals surface area (Å²) >= 11 is 0. The van der Waals surface area contributed by atoms with Crippen molar-refractivity contribution in [2.75, 3.05) is 19.7 Å². The van der Waals surface area contributed by atoms with E-state index >= 15 is 0 Å². The molecule has 0 saturated carbocycles. The molecule has 32 heavy (non-hydrogen) atoms. The summed E-state index contributed by atoms with van der Waals surface area (Å²) in [7, 11) is 0. The summed E-state index contributed by atoms with van der Waals surface area (Å²) < 4.78 is 19.9. The van der Waals surface area contributed by atoms with Gasteiger partial charge in [0.2, 0.25) is 5.91 Å². The molecular weight excluding hydrogens is 407 g/mol. The molecule has 1 atom stereocenters. The summed E-state index contributed by atoms with van der Waals surface area (Å²) in [6.45, 7) is 0.544. The van der Waals surface area contributed by atoms with Gasteiger partial charge in [0.1, 0.15) is 5.82 Å². The Morgan fingerprint density at radius 2 is 1.69 bits per heavy atom. The number of carbonyl (C=O) groups excluding carboxylic acids is 2. The highest BCUT2D eigenvalue weighted by atomic mass is 19.1. The van der Waals surface area contributed by atoms with Crippen LogP contribution in [0.25, 0.3) is 11.1 Å². The molecule has 1 saturated heterocycles. The average molecular weight is 432 g/mol. The van der Waals surface area contributed by atoms with Crippen molar-refractivity contribution in [2.45, 2.75) is 18.4 Å². The molecule has 0 aromatic heterocycles. The van der Waals surface area contributed by atoms with Crippen LogP contribution in [0.4, 0.5) is 4.39 Å². The number of nitrogens with zero attached hydrogens (tertiary/aromatic N) is 1. The van der Waals surface area contributed by atoms with Gasteiger partial charge in [-0.15, -0.1) is 0 Å². The summed E-state index contributed by atoms with van der Waals surface area (Å²) in [6, 6.07) is 24.0. The van der Waals surface area contributed by atoms with E-state index in [0.717, 1.165) is 16.7 Å². The Hall–Kier alpha value is -3.51. The molecule has 3 aromatic rings. The van der Waals surface area contributed by atoms with Gasteiger partial charge in [0, 0.05) is 13.0 Å². The topological polar surface area (TPSA) is 72.6 Å². The van der Waals surface area contributed by atoms with Crippen LogP contribution < -0.4 is 5.73 Å². The second-order valence-electron chi connectivity index (χ2n) is 8.03. The number of benzene rings is 3. The number of carbonyl (C=O) groups is 2. The standard InChI is InChI=1S/C26H25FN2O3/c27-23-12-5-4-10-22(23)16-24(30)29-13-14-32-26(18-29,25(28)31)17-19-7-6-11-21(15-19)20-8-2-1-3-9-20/h1-12,15H,13-14,16-18H2,(H2,28,31)/t26-/m0/s1. The number of amides is 2. The molecular formula is C26H25FN2O3. The van der Waals surface area contributed by atoms with Crippen LogP contribution in [0.5, 0.6) is 0 Å². The van der Waals surface area contributed by atoms with Gasteiger partial charge in [-0.25, -0.2) is 4.39 Å². The lowest BCUT2D eigenvalue weighted by Crippen LogP contribution is -2.61. The van der Waals surface area contributed by atoms with Crippen molar-refractivity contribution < 1.29 is 18.7 Å². The van der Waals surface area contributed by atoms with Crippen LogP contribution in [0.2, 0.25) is 0 Å². The van der Waals surface area contributed by atoms with Crippen molar-refractivity contribution in [1.82, 2.24) is 4.90 Å². The van der Waals surface area contributed by atoms with E-state index in [4.69, 9.17) is 10.5 Å². The van der Waals surface area contributed by atoms with Gasteiger partial charge in [-0.2, -0.15) is 0 Å². The van der Waals surface area contributed by atoms with Crippen molar-refractivity contribution in [1.29, 1.82) is 0 Å². The molecule has 1 fully saturated rings. The van der Waals surface area contributed by atoms with Gasteiger partial charge in [-0.1, -0.05) is 72.8 Å². The van der Waals surface area contributed by atoms with Gasteiger partial charge in [0.25, 0.3) is 5.91 Å². The Labute approximate surface area is 186 Å². The first-order valence-corrected chi connectivity index (χ1v) is 10.6. The zero-order valence-corrected chi connectivity index (χ0v) is 17.7. The molecule has 5 nitrogen and oxygen atoms in total. The minimum Gasteiger partial charge on any atom is -0.367 e. The summed E-state index contributed by atoms with van der Waals surface area (Å²) in [5.74, 6) is -1.30. The summed E-state index contributed by atoms with van der Waals surface area (Å²) in [4.78, 5) is 26.9. The summed E-state index contributed by atoms with van der Waals surface area (Å²) in [6.07, 6.45) is 0.164. The van der Waals surface area contributed by atoms with Crippen molar-refractivity contribution in [2.24, 2.45) is 5.73 Å². The average Bonchev–Trinajstić information content (AvgIpc) is 2.81. The van der Waals surface area contributed by atoms with E-state index in [-0.39, 0.29) is 31.9 Å². The highest BCUT2D eigenvalue weighted by Crippen LogP contribution is 2.27. The van der Waals surface area contributed by atoms with Crippen LogP contribution in [-0.2, 0) is 27.2 Å². The molecule has 164 valence electrons. The molecule has 0 bridgehead atoms. The number of nitrogens with two attached hydrogens (primary N) is 1. The molecule has 0 radical (unpaired) electrons. The van der Waals surface area contributed by atoms with Crippen LogP contribution in [-0.4, -0.2) is 42.0 Å². The van der Waals surface area contributed by atoms with Gasteiger partial charge in [-0.3, -0.25) is 9.59 Å². The molecule has 3 aromatic carbocycles. The number of primary amides is 1. The van der Waals surface area contributed by atoms with E-state index in [9.17, 15) is 14.0 Å². The Bertz CT molecular complexity index is 1120. The summed E-state index contributed by atoms with van der Waals surface area (Å²) in [5, 5.41) is 0. The first-order valence-electron chi connectivity index (χ1n) is 10.6. The molecule has 2 amide bonds. The maximum atomic E-state index is 14.0. The molecule has 2 N–H and O–H groups in total. The van der Waals surface area contributed by atoms with E-state index in [1.165, 1.54) is 6.07 Å². The van der Waals surface area contributed by atoms with Gasteiger partial charge < -0.3 is 15.4 Å². The van der Waals surface area contributed by atoms with Crippen LogP contribution in [0.3, 0.4) is 0 Å². The van der Waals surface area contributed by atoms with Crippen LogP contribution in [0.15, 0.2) is 78.9 Å². The largest absolute Gasteiger partial charge is 0.367 e. The zero-order chi connectivity index (χ0) is 22.6. The SMILES string of the molecule is NC(=O)[C@]1(Cc2cccc(-c3ccccc3)c2)CN(C(=O)Cc2ccccc2F)CCO1. The Balaban J connectivity index is 1.54. The second-order valence-corrected chi connectivity index (χ2v) is 8.03. The molecule has 4 rings (SSSR count). The fourth-order valence-corrected chi connectivity index (χ4v) is 4.08. The van der Waals surface area contributed by atoms with E-state index in [0.29, 0.717) is 12.1 Å². The zero-order valence-electron chi connectivity index (χ0n) is 17.7. The number of morpholine rings is 1. The number of ether oxygens (including phenoxy) is 1. The predicted octanol–water partition coefficient (Wildman–Crippen LogP) is 3.36. The van der Waals surface area contributed by atoms with Gasteiger partial charge in [0.05, 0.1) is 19.6 Å².